The fourth-order valence-electron chi connectivity index (χ4n) is 3.05. The average molecular weight is 328 g/mol. The summed E-state index contributed by atoms with van der Waals surface area (Å²) in [6.45, 7) is 3.48. The lowest BCUT2D eigenvalue weighted by molar-refractivity contribution is 0.0824. The van der Waals surface area contributed by atoms with E-state index in [1.165, 1.54) is 0 Å². The van der Waals surface area contributed by atoms with Crippen molar-refractivity contribution in [2.45, 2.75) is 20.3 Å². The highest BCUT2D eigenvalue weighted by atomic mass is 16.5. The Balaban J connectivity index is 1.92. The van der Waals surface area contributed by atoms with Crippen molar-refractivity contribution in [2.75, 3.05) is 13.7 Å². The second-order valence-corrected chi connectivity index (χ2v) is 6.08. The van der Waals surface area contributed by atoms with Gasteiger partial charge in [0.1, 0.15) is 28.6 Å². The molecular weight excluding hydrogens is 308 g/mol. The molecule has 5 nitrogen and oxygen atoms in total. The highest BCUT2D eigenvalue weighted by Gasteiger charge is 2.34. The number of benzene rings is 2. The lowest BCUT2D eigenvalue weighted by Gasteiger charge is -2.27. The normalized spacial score (nSPS) is 16.5. The van der Waals surface area contributed by atoms with E-state index < -0.39 is 0 Å². The third kappa shape index (κ3) is 2.56. The molecular formula is C19H20O5. The van der Waals surface area contributed by atoms with Crippen molar-refractivity contribution in [2.24, 2.45) is 5.92 Å². The maximum absolute atomic E-state index is 12.8. The molecule has 0 unspecified atom stereocenters. The average Bonchev–Trinajstić information content (AvgIpc) is 2.60. The zero-order chi connectivity index (χ0) is 17.4. The predicted octanol–water partition coefficient (Wildman–Crippen LogP) is 3.16. The number of phenols is 2. The van der Waals surface area contributed by atoms with Gasteiger partial charge in [-0.1, -0.05) is 12.1 Å². The van der Waals surface area contributed by atoms with Crippen LogP contribution in [0.5, 0.6) is 23.0 Å². The number of aromatic hydroxyl groups is 2. The molecule has 3 rings (SSSR count). The molecule has 0 aliphatic carbocycles. The van der Waals surface area contributed by atoms with E-state index in [0.717, 1.165) is 11.3 Å². The number of fused-ring (bicyclic) bond motifs is 1. The Labute approximate surface area is 140 Å². The van der Waals surface area contributed by atoms with Gasteiger partial charge in [0, 0.05) is 11.1 Å². The first-order valence-electron chi connectivity index (χ1n) is 7.79. The largest absolute Gasteiger partial charge is 0.507 e. The summed E-state index contributed by atoms with van der Waals surface area (Å²) in [5, 5.41) is 20.3. The summed E-state index contributed by atoms with van der Waals surface area (Å²) in [5.41, 5.74) is 1.95. The van der Waals surface area contributed by atoms with Gasteiger partial charge in [-0.2, -0.15) is 0 Å². The van der Waals surface area contributed by atoms with E-state index in [0.29, 0.717) is 17.5 Å². The van der Waals surface area contributed by atoms with E-state index in [2.05, 4.69) is 0 Å². The van der Waals surface area contributed by atoms with Crippen molar-refractivity contribution >= 4 is 5.78 Å². The van der Waals surface area contributed by atoms with E-state index in [4.69, 9.17) is 9.47 Å². The Hall–Kier alpha value is -2.69. The van der Waals surface area contributed by atoms with Gasteiger partial charge in [-0.25, -0.2) is 0 Å². The van der Waals surface area contributed by atoms with Crippen LogP contribution in [0.2, 0.25) is 0 Å². The van der Waals surface area contributed by atoms with Crippen LogP contribution >= 0.6 is 0 Å². The minimum Gasteiger partial charge on any atom is -0.507 e. The molecule has 0 amide bonds. The summed E-state index contributed by atoms with van der Waals surface area (Å²) in [4.78, 5) is 12.8. The lowest BCUT2D eigenvalue weighted by Crippen LogP contribution is -2.30. The van der Waals surface area contributed by atoms with Crippen LogP contribution in [0, 0.1) is 19.8 Å². The summed E-state index contributed by atoms with van der Waals surface area (Å²) in [6.07, 6.45) is 0.515. The maximum Gasteiger partial charge on any atom is 0.177 e. The predicted molar refractivity (Wildman–Crippen MR) is 89.3 cm³/mol. The van der Waals surface area contributed by atoms with Crippen LogP contribution in [0.15, 0.2) is 24.3 Å². The Morgan fingerprint density at radius 1 is 1.12 bits per heavy atom. The van der Waals surface area contributed by atoms with Gasteiger partial charge in [-0.3, -0.25) is 4.79 Å². The van der Waals surface area contributed by atoms with Gasteiger partial charge in [-0.15, -0.1) is 0 Å². The third-order valence-corrected chi connectivity index (χ3v) is 4.56. The van der Waals surface area contributed by atoms with Crippen molar-refractivity contribution in [1.82, 2.24) is 0 Å². The van der Waals surface area contributed by atoms with Gasteiger partial charge >= 0.3 is 0 Å². The molecule has 1 aliphatic heterocycles. The minimum absolute atomic E-state index is 0.0346. The molecule has 0 bridgehead atoms. The molecule has 0 saturated heterocycles. The van der Waals surface area contributed by atoms with Crippen molar-refractivity contribution in [3.05, 3.63) is 46.5 Å². The SMILES string of the molecule is COc1ccc(C[C@H]2COc3c(C)c(O)c(C)c(O)c3C2=O)cc1. The molecule has 2 aromatic rings. The number of carbonyl (C=O) groups excluding carboxylic acids is 1. The van der Waals surface area contributed by atoms with Crippen LogP contribution in [0.1, 0.15) is 27.0 Å². The smallest absolute Gasteiger partial charge is 0.177 e. The molecule has 0 radical (unpaired) electrons. The van der Waals surface area contributed by atoms with E-state index in [1.54, 1.807) is 21.0 Å². The first-order valence-corrected chi connectivity index (χ1v) is 7.79. The van der Waals surface area contributed by atoms with Crippen LogP contribution in [0.4, 0.5) is 0 Å². The number of phenolic OH excluding ortho intramolecular Hbond substituents is 2. The zero-order valence-electron chi connectivity index (χ0n) is 13.9. The van der Waals surface area contributed by atoms with Crippen molar-refractivity contribution in [3.63, 3.8) is 0 Å². The van der Waals surface area contributed by atoms with E-state index >= 15 is 0 Å². The summed E-state index contributed by atoms with van der Waals surface area (Å²) in [7, 11) is 1.60. The van der Waals surface area contributed by atoms with Crippen LogP contribution in [0.3, 0.4) is 0 Å². The molecule has 24 heavy (non-hydrogen) atoms. The fraction of sp³-hybridized carbons (Fsp3) is 0.316. The van der Waals surface area contributed by atoms with E-state index in [1.807, 2.05) is 24.3 Å². The molecule has 2 N–H and O–H groups in total. The first-order chi connectivity index (χ1) is 11.4. The van der Waals surface area contributed by atoms with Gasteiger partial charge in [0.2, 0.25) is 0 Å². The number of Topliss-reactive ketones (excluding diaryl/α,β-unsaturated/α-hetero) is 1. The van der Waals surface area contributed by atoms with E-state index in [-0.39, 0.29) is 41.1 Å². The molecule has 1 aliphatic rings. The fourth-order valence-corrected chi connectivity index (χ4v) is 3.05. The van der Waals surface area contributed by atoms with Crippen molar-refractivity contribution < 1.29 is 24.5 Å². The molecule has 0 saturated carbocycles. The van der Waals surface area contributed by atoms with Gasteiger partial charge in [0.15, 0.2) is 5.78 Å². The first kappa shape index (κ1) is 16.2. The van der Waals surface area contributed by atoms with Gasteiger partial charge < -0.3 is 19.7 Å². The molecule has 0 fully saturated rings. The summed E-state index contributed by atoms with van der Waals surface area (Å²) < 4.78 is 10.8. The molecule has 0 aromatic heterocycles. The molecule has 0 spiro atoms. The Bertz CT molecular complexity index is 793. The second kappa shape index (κ2) is 6.07. The molecule has 1 atom stereocenters. The Kier molecular flexibility index (Phi) is 4.09. The standard InChI is InChI=1S/C19H20O5/c1-10-16(20)11(2)19-15(17(10)21)18(22)13(9-24-19)8-12-4-6-14(23-3)7-5-12/h4-7,13,20-21H,8-9H2,1-3H3/t13-/m0/s1. The minimum atomic E-state index is -0.375. The second-order valence-electron chi connectivity index (χ2n) is 6.08. The van der Waals surface area contributed by atoms with Crippen molar-refractivity contribution in [3.8, 4) is 23.0 Å². The Morgan fingerprint density at radius 3 is 2.42 bits per heavy atom. The zero-order valence-corrected chi connectivity index (χ0v) is 13.9. The number of ether oxygens (including phenoxy) is 2. The van der Waals surface area contributed by atoms with Crippen molar-refractivity contribution in [1.29, 1.82) is 0 Å². The Morgan fingerprint density at radius 2 is 1.79 bits per heavy atom. The molecule has 5 heteroatoms. The van der Waals surface area contributed by atoms with Gasteiger partial charge in [0.25, 0.3) is 0 Å². The quantitative estimate of drug-likeness (QED) is 0.905. The maximum atomic E-state index is 12.8. The van der Waals surface area contributed by atoms with Crippen LogP contribution < -0.4 is 9.47 Å². The summed E-state index contributed by atoms with van der Waals surface area (Å²) >= 11 is 0. The van der Waals surface area contributed by atoms with E-state index in [9.17, 15) is 15.0 Å². The summed E-state index contributed by atoms with van der Waals surface area (Å²) in [5.74, 6) is 0.280. The lowest BCUT2D eigenvalue weighted by atomic mass is 9.87. The highest BCUT2D eigenvalue weighted by molar-refractivity contribution is 6.05. The number of ketones is 1. The topological polar surface area (TPSA) is 76.0 Å². The number of hydrogen-bond acceptors (Lipinski definition) is 5. The monoisotopic (exact) mass is 328 g/mol. The number of hydrogen-bond donors (Lipinski definition) is 2. The summed E-state index contributed by atoms with van der Waals surface area (Å²) in [6, 6.07) is 7.52. The van der Waals surface area contributed by atoms with Gasteiger partial charge in [-0.05, 0) is 38.0 Å². The van der Waals surface area contributed by atoms with Crippen LogP contribution in [-0.2, 0) is 6.42 Å². The highest BCUT2D eigenvalue weighted by Crippen LogP contribution is 2.44. The molecule has 1 heterocycles. The van der Waals surface area contributed by atoms with Gasteiger partial charge in [0.05, 0.1) is 19.6 Å². The molecule has 126 valence electrons. The van der Waals surface area contributed by atoms with Crippen LogP contribution in [-0.4, -0.2) is 29.7 Å². The third-order valence-electron chi connectivity index (χ3n) is 4.56. The number of carbonyl (C=O) groups is 1. The number of methoxy groups -OCH3 is 1. The molecule has 2 aromatic carbocycles. The van der Waals surface area contributed by atoms with Crippen LogP contribution in [0.25, 0.3) is 0 Å². The number of rotatable bonds is 3.